The lowest BCUT2D eigenvalue weighted by molar-refractivity contribution is 0.305. The number of ether oxygens (including phenoxy) is 1. The van der Waals surface area contributed by atoms with E-state index in [0.717, 1.165) is 5.56 Å². The molecule has 0 fully saturated rings. The highest BCUT2D eigenvalue weighted by Gasteiger charge is 2.01. The Morgan fingerprint density at radius 3 is 2.44 bits per heavy atom. The molecular formula is C16H17FO. The van der Waals surface area contributed by atoms with E-state index < -0.39 is 0 Å². The zero-order valence-electron chi connectivity index (χ0n) is 10.7. The highest BCUT2D eigenvalue weighted by Crippen LogP contribution is 2.17. The number of hydrogen-bond acceptors (Lipinski definition) is 1. The smallest absolute Gasteiger partial charge is 0.123 e. The number of rotatable bonds is 4. The lowest BCUT2D eigenvalue weighted by atomic mass is 10.0. The van der Waals surface area contributed by atoms with Crippen molar-refractivity contribution >= 4 is 0 Å². The Bertz CT molecular complexity index is 503. The zero-order chi connectivity index (χ0) is 13.0. The summed E-state index contributed by atoms with van der Waals surface area (Å²) in [6, 6.07) is 14.4. The molecule has 1 nitrogen and oxygen atoms in total. The van der Waals surface area contributed by atoms with Crippen molar-refractivity contribution in [2.75, 3.05) is 0 Å². The molecule has 0 bridgehead atoms. The molecule has 0 heterocycles. The van der Waals surface area contributed by atoms with Crippen molar-refractivity contribution in [3.63, 3.8) is 0 Å². The van der Waals surface area contributed by atoms with E-state index in [-0.39, 0.29) is 5.82 Å². The van der Waals surface area contributed by atoms with Gasteiger partial charge in [0.05, 0.1) is 0 Å². The molecule has 0 atom stereocenters. The summed E-state index contributed by atoms with van der Waals surface area (Å²) < 4.78 is 18.4. The Hall–Kier alpha value is -1.83. The highest BCUT2D eigenvalue weighted by atomic mass is 19.1. The Balaban J connectivity index is 2.01. The average Bonchev–Trinajstić information content (AvgIpc) is 2.38. The summed E-state index contributed by atoms with van der Waals surface area (Å²) in [7, 11) is 0. The van der Waals surface area contributed by atoms with Crippen molar-refractivity contribution in [1.29, 1.82) is 0 Å². The first-order valence-corrected chi connectivity index (χ1v) is 6.12. The van der Waals surface area contributed by atoms with Gasteiger partial charge < -0.3 is 4.74 Å². The summed E-state index contributed by atoms with van der Waals surface area (Å²) in [5.74, 6) is 0.950. The molecule has 0 aliphatic rings. The van der Waals surface area contributed by atoms with Crippen molar-refractivity contribution in [2.24, 2.45) is 0 Å². The van der Waals surface area contributed by atoms with Gasteiger partial charge >= 0.3 is 0 Å². The molecule has 0 N–H and O–H groups in total. The second-order valence-corrected chi connectivity index (χ2v) is 4.64. The van der Waals surface area contributed by atoms with Gasteiger partial charge in [-0.3, -0.25) is 0 Å². The van der Waals surface area contributed by atoms with Crippen LogP contribution in [-0.2, 0) is 6.61 Å². The standard InChI is InChI=1S/C16H17FO/c1-12(2)14-5-3-4-13(10-14)11-18-16-8-6-15(17)7-9-16/h3-10,12H,11H2,1-2H3. The van der Waals surface area contributed by atoms with Crippen LogP contribution in [0, 0.1) is 5.82 Å². The first kappa shape index (κ1) is 12.6. The second kappa shape index (κ2) is 5.67. The highest BCUT2D eigenvalue weighted by molar-refractivity contribution is 5.27. The maximum Gasteiger partial charge on any atom is 0.123 e. The minimum Gasteiger partial charge on any atom is -0.489 e. The zero-order valence-corrected chi connectivity index (χ0v) is 10.7. The van der Waals surface area contributed by atoms with Gasteiger partial charge in [-0.2, -0.15) is 0 Å². The van der Waals surface area contributed by atoms with Gasteiger partial charge in [0.25, 0.3) is 0 Å². The number of hydrogen-bond donors (Lipinski definition) is 0. The molecule has 0 saturated heterocycles. The molecule has 0 unspecified atom stereocenters. The van der Waals surface area contributed by atoms with Crippen molar-refractivity contribution in [1.82, 2.24) is 0 Å². The van der Waals surface area contributed by atoms with Gasteiger partial charge in [-0.25, -0.2) is 4.39 Å². The van der Waals surface area contributed by atoms with E-state index in [1.54, 1.807) is 12.1 Å². The van der Waals surface area contributed by atoms with E-state index in [4.69, 9.17) is 4.74 Å². The Morgan fingerprint density at radius 1 is 1.06 bits per heavy atom. The van der Waals surface area contributed by atoms with Crippen molar-refractivity contribution in [2.45, 2.75) is 26.4 Å². The van der Waals surface area contributed by atoms with Gasteiger partial charge in [0.15, 0.2) is 0 Å². The molecule has 18 heavy (non-hydrogen) atoms. The van der Waals surface area contributed by atoms with Gasteiger partial charge in [0.2, 0.25) is 0 Å². The minimum atomic E-state index is -0.246. The largest absolute Gasteiger partial charge is 0.489 e. The average molecular weight is 244 g/mol. The quantitative estimate of drug-likeness (QED) is 0.767. The normalized spacial score (nSPS) is 10.7. The van der Waals surface area contributed by atoms with E-state index in [2.05, 4.69) is 26.0 Å². The summed E-state index contributed by atoms with van der Waals surface area (Å²) in [6.45, 7) is 4.84. The van der Waals surface area contributed by atoms with E-state index in [0.29, 0.717) is 18.3 Å². The predicted octanol–water partition coefficient (Wildman–Crippen LogP) is 4.53. The maximum absolute atomic E-state index is 12.7. The molecule has 0 radical (unpaired) electrons. The van der Waals surface area contributed by atoms with Crippen LogP contribution in [0.1, 0.15) is 30.9 Å². The van der Waals surface area contributed by atoms with Gasteiger partial charge in [-0.05, 0) is 41.3 Å². The molecule has 2 aromatic rings. The van der Waals surface area contributed by atoms with E-state index in [1.807, 2.05) is 12.1 Å². The lowest BCUT2D eigenvalue weighted by Gasteiger charge is -2.09. The van der Waals surface area contributed by atoms with Gasteiger partial charge in [0.1, 0.15) is 18.2 Å². The summed E-state index contributed by atoms with van der Waals surface area (Å²) >= 11 is 0. The number of halogens is 1. The van der Waals surface area contributed by atoms with Crippen LogP contribution in [-0.4, -0.2) is 0 Å². The fraction of sp³-hybridized carbons (Fsp3) is 0.250. The molecule has 0 aliphatic heterocycles. The summed E-state index contributed by atoms with van der Waals surface area (Å²) in [6.07, 6.45) is 0. The first-order valence-electron chi connectivity index (χ1n) is 6.12. The van der Waals surface area contributed by atoms with Gasteiger partial charge in [-0.15, -0.1) is 0 Å². The molecule has 0 saturated carbocycles. The third-order valence-electron chi connectivity index (χ3n) is 2.84. The molecule has 0 amide bonds. The molecule has 0 aliphatic carbocycles. The predicted molar refractivity (Wildman–Crippen MR) is 71.3 cm³/mol. The van der Waals surface area contributed by atoms with Crippen LogP contribution in [0.25, 0.3) is 0 Å². The van der Waals surface area contributed by atoms with Crippen LogP contribution in [0.4, 0.5) is 4.39 Å². The van der Waals surface area contributed by atoms with Crippen LogP contribution >= 0.6 is 0 Å². The molecular weight excluding hydrogens is 227 g/mol. The fourth-order valence-corrected chi connectivity index (χ4v) is 1.74. The topological polar surface area (TPSA) is 9.23 Å². The summed E-state index contributed by atoms with van der Waals surface area (Å²) in [4.78, 5) is 0. The van der Waals surface area contributed by atoms with Crippen molar-refractivity contribution < 1.29 is 9.13 Å². The molecule has 2 heteroatoms. The lowest BCUT2D eigenvalue weighted by Crippen LogP contribution is -1.97. The second-order valence-electron chi connectivity index (χ2n) is 4.64. The van der Waals surface area contributed by atoms with Crippen LogP contribution in [0.2, 0.25) is 0 Å². The molecule has 0 spiro atoms. The van der Waals surface area contributed by atoms with E-state index in [1.165, 1.54) is 17.7 Å². The third kappa shape index (κ3) is 3.33. The molecule has 0 aromatic heterocycles. The fourth-order valence-electron chi connectivity index (χ4n) is 1.74. The van der Waals surface area contributed by atoms with Crippen molar-refractivity contribution in [3.05, 3.63) is 65.5 Å². The molecule has 2 rings (SSSR count). The van der Waals surface area contributed by atoms with Gasteiger partial charge in [-0.1, -0.05) is 38.1 Å². The summed E-state index contributed by atoms with van der Waals surface area (Å²) in [5, 5.41) is 0. The Kier molecular flexibility index (Phi) is 3.98. The molecule has 2 aromatic carbocycles. The first-order chi connectivity index (χ1) is 8.65. The third-order valence-corrected chi connectivity index (χ3v) is 2.84. The van der Waals surface area contributed by atoms with Crippen molar-refractivity contribution in [3.8, 4) is 5.75 Å². The SMILES string of the molecule is CC(C)c1cccc(COc2ccc(F)cc2)c1. The maximum atomic E-state index is 12.7. The van der Waals surface area contributed by atoms with Crippen LogP contribution in [0.3, 0.4) is 0 Å². The van der Waals surface area contributed by atoms with E-state index >= 15 is 0 Å². The van der Waals surface area contributed by atoms with E-state index in [9.17, 15) is 4.39 Å². The Labute approximate surface area is 107 Å². The van der Waals surface area contributed by atoms with Gasteiger partial charge in [0, 0.05) is 0 Å². The van der Waals surface area contributed by atoms with Crippen LogP contribution in [0.15, 0.2) is 48.5 Å². The Morgan fingerprint density at radius 2 is 1.78 bits per heavy atom. The monoisotopic (exact) mass is 244 g/mol. The van der Waals surface area contributed by atoms with Crippen LogP contribution in [0.5, 0.6) is 5.75 Å². The summed E-state index contributed by atoms with van der Waals surface area (Å²) in [5.41, 5.74) is 2.43. The number of benzene rings is 2. The molecule has 94 valence electrons. The minimum absolute atomic E-state index is 0.246. The van der Waals surface area contributed by atoms with Crippen LogP contribution < -0.4 is 4.74 Å².